The summed E-state index contributed by atoms with van der Waals surface area (Å²) in [5.41, 5.74) is 0.638. The molecule has 0 spiro atoms. The van der Waals surface area contributed by atoms with E-state index in [1.54, 1.807) is 24.3 Å². The number of hydrogen-bond donors (Lipinski definition) is 1. The highest BCUT2D eigenvalue weighted by atomic mass is 32.2. The third kappa shape index (κ3) is 6.69. The summed E-state index contributed by atoms with van der Waals surface area (Å²) in [6.45, 7) is 4.43. The van der Waals surface area contributed by atoms with Gasteiger partial charge in [-0.3, -0.25) is 9.10 Å². The zero-order valence-electron chi connectivity index (χ0n) is 19.3. The Bertz CT molecular complexity index is 1210. The lowest BCUT2D eigenvalue weighted by atomic mass is 10.3. The molecule has 1 saturated heterocycles. The molecule has 2 aromatic rings. The predicted molar refractivity (Wildman–Crippen MR) is 129 cm³/mol. The molecular weight excluding hydrogens is 482 g/mol. The molecule has 10 nitrogen and oxygen atoms in total. The average molecular weight is 512 g/mol. The summed E-state index contributed by atoms with van der Waals surface area (Å²) < 4.78 is 63.5. The van der Waals surface area contributed by atoms with Crippen molar-refractivity contribution in [2.75, 3.05) is 48.7 Å². The molecule has 0 unspecified atom stereocenters. The summed E-state index contributed by atoms with van der Waals surface area (Å²) >= 11 is 0. The quantitative estimate of drug-likeness (QED) is 0.546. The Labute approximate surface area is 200 Å². The van der Waals surface area contributed by atoms with E-state index in [4.69, 9.17) is 9.47 Å². The summed E-state index contributed by atoms with van der Waals surface area (Å²) in [4.78, 5) is 12.7. The lowest BCUT2D eigenvalue weighted by molar-refractivity contribution is -0.114. The number of morpholine rings is 1. The van der Waals surface area contributed by atoms with Crippen LogP contribution in [0.3, 0.4) is 0 Å². The van der Waals surface area contributed by atoms with E-state index < -0.39 is 32.5 Å². The Morgan fingerprint density at radius 3 is 2.32 bits per heavy atom. The number of rotatable bonds is 9. The van der Waals surface area contributed by atoms with Crippen LogP contribution in [0.15, 0.2) is 53.4 Å². The van der Waals surface area contributed by atoms with Crippen molar-refractivity contribution in [3.8, 4) is 5.75 Å². The third-order valence-corrected chi connectivity index (χ3v) is 7.96. The molecule has 12 heteroatoms. The maximum absolute atomic E-state index is 12.8. The van der Waals surface area contributed by atoms with Gasteiger partial charge in [-0.15, -0.1) is 0 Å². The number of ether oxygens (including phenoxy) is 2. The maximum atomic E-state index is 12.8. The lowest BCUT2D eigenvalue weighted by Gasteiger charge is -2.26. The van der Waals surface area contributed by atoms with Gasteiger partial charge in [0.05, 0.1) is 36.2 Å². The summed E-state index contributed by atoms with van der Waals surface area (Å²) in [6.07, 6.45) is 0.942. The van der Waals surface area contributed by atoms with E-state index in [1.807, 2.05) is 13.8 Å². The number of benzene rings is 2. The Kier molecular flexibility index (Phi) is 8.18. The van der Waals surface area contributed by atoms with Crippen LogP contribution in [0.25, 0.3) is 0 Å². The molecule has 0 bridgehead atoms. The molecule has 0 atom stereocenters. The van der Waals surface area contributed by atoms with Crippen LogP contribution < -0.4 is 14.4 Å². The molecular formula is C22H29N3O7S2. The van der Waals surface area contributed by atoms with Crippen molar-refractivity contribution in [2.24, 2.45) is 0 Å². The second-order valence-corrected chi connectivity index (χ2v) is 11.9. The number of nitrogens with one attached hydrogen (secondary N) is 1. The average Bonchev–Trinajstić information content (AvgIpc) is 2.77. The Morgan fingerprint density at radius 2 is 1.74 bits per heavy atom. The van der Waals surface area contributed by atoms with Gasteiger partial charge in [0, 0.05) is 24.8 Å². The standard InChI is InChI=1S/C22H29N3O7S2/c1-17(2)32-20-6-4-5-18(15-20)23-22(26)16-25(33(3,27)28)19-7-9-21(10-8-19)34(29,30)24-11-13-31-14-12-24/h4-10,15,17H,11-14,16H2,1-3H3,(H,23,26). The van der Waals surface area contributed by atoms with Crippen molar-refractivity contribution < 1.29 is 31.1 Å². The number of sulfonamides is 2. The summed E-state index contributed by atoms with van der Waals surface area (Å²) in [6, 6.07) is 12.2. The molecule has 2 aromatic carbocycles. The minimum Gasteiger partial charge on any atom is -0.491 e. The molecule has 3 rings (SSSR count). The Hall–Kier alpha value is -2.67. The second kappa shape index (κ2) is 10.7. The molecule has 1 heterocycles. The van der Waals surface area contributed by atoms with Gasteiger partial charge in [0.15, 0.2) is 0 Å². The zero-order chi connectivity index (χ0) is 24.9. The molecule has 0 radical (unpaired) electrons. The fourth-order valence-corrected chi connectivity index (χ4v) is 5.64. The van der Waals surface area contributed by atoms with Crippen LogP contribution in [0.2, 0.25) is 0 Å². The first-order chi connectivity index (χ1) is 16.0. The van der Waals surface area contributed by atoms with Gasteiger partial charge in [0.2, 0.25) is 26.0 Å². The lowest BCUT2D eigenvalue weighted by Crippen LogP contribution is -2.40. The van der Waals surface area contributed by atoms with Gasteiger partial charge in [0.25, 0.3) is 0 Å². The van der Waals surface area contributed by atoms with Crippen molar-refractivity contribution >= 4 is 37.3 Å². The fraction of sp³-hybridized carbons (Fsp3) is 0.409. The first-order valence-corrected chi connectivity index (χ1v) is 14.0. The van der Waals surface area contributed by atoms with E-state index in [2.05, 4.69) is 5.32 Å². The highest BCUT2D eigenvalue weighted by molar-refractivity contribution is 7.92. The molecule has 186 valence electrons. The Balaban J connectivity index is 1.75. The first kappa shape index (κ1) is 25.9. The van der Waals surface area contributed by atoms with Crippen LogP contribution in [0.1, 0.15) is 13.8 Å². The molecule has 34 heavy (non-hydrogen) atoms. The van der Waals surface area contributed by atoms with E-state index in [0.717, 1.165) is 10.6 Å². The predicted octanol–water partition coefficient (Wildman–Crippen LogP) is 1.90. The van der Waals surface area contributed by atoms with Crippen molar-refractivity contribution in [3.63, 3.8) is 0 Å². The first-order valence-electron chi connectivity index (χ1n) is 10.7. The summed E-state index contributed by atoms with van der Waals surface area (Å²) in [5.74, 6) is 0.0157. The van der Waals surface area contributed by atoms with Crippen molar-refractivity contribution in [1.82, 2.24) is 4.31 Å². The van der Waals surface area contributed by atoms with Gasteiger partial charge in [-0.05, 0) is 50.2 Å². The Morgan fingerprint density at radius 1 is 1.09 bits per heavy atom. The highest BCUT2D eigenvalue weighted by Crippen LogP contribution is 2.24. The van der Waals surface area contributed by atoms with Crippen LogP contribution in [-0.4, -0.2) is 72.3 Å². The van der Waals surface area contributed by atoms with Crippen LogP contribution in [-0.2, 0) is 29.6 Å². The smallest absolute Gasteiger partial charge is 0.245 e. The SMILES string of the molecule is CC(C)Oc1cccc(NC(=O)CN(c2ccc(S(=O)(=O)N3CCOCC3)cc2)S(C)(=O)=O)c1. The molecule has 0 aliphatic carbocycles. The normalized spacial score (nSPS) is 15.2. The fourth-order valence-electron chi connectivity index (χ4n) is 3.37. The van der Waals surface area contributed by atoms with Crippen LogP contribution >= 0.6 is 0 Å². The largest absolute Gasteiger partial charge is 0.491 e. The van der Waals surface area contributed by atoms with E-state index in [1.165, 1.54) is 28.6 Å². The summed E-state index contributed by atoms with van der Waals surface area (Å²) in [5, 5.41) is 2.67. The van der Waals surface area contributed by atoms with E-state index in [-0.39, 0.29) is 29.8 Å². The number of carbonyl (C=O) groups excluding carboxylic acids is 1. The molecule has 1 N–H and O–H groups in total. The van der Waals surface area contributed by atoms with Crippen LogP contribution in [0, 0.1) is 0 Å². The maximum Gasteiger partial charge on any atom is 0.245 e. The monoisotopic (exact) mass is 511 g/mol. The van der Waals surface area contributed by atoms with Gasteiger partial charge >= 0.3 is 0 Å². The third-order valence-electron chi connectivity index (χ3n) is 4.91. The minimum atomic E-state index is -3.83. The topological polar surface area (TPSA) is 122 Å². The number of nitrogens with zero attached hydrogens (tertiary/aromatic N) is 2. The van der Waals surface area contributed by atoms with E-state index >= 15 is 0 Å². The van der Waals surface area contributed by atoms with Gasteiger partial charge in [0.1, 0.15) is 12.3 Å². The zero-order valence-corrected chi connectivity index (χ0v) is 20.9. The van der Waals surface area contributed by atoms with Crippen LogP contribution in [0.4, 0.5) is 11.4 Å². The molecule has 1 aliphatic heterocycles. The van der Waals surface area contributed by atoms with E-state index in [0.29, 0.717) is 24.7 Å². The minimum absolute atomic E-state index is 0.0398. The number of carbonyl (C=O) groups is 1. The molecule has 0 aromatic heterocycles. The van der Waals surface area contributed by atoms with Crippen molar-refractivity contribution in [2.45, 2.75) is 24.8 Å². The molecule has 0 saturated carbocycles. The highest BCUT2D eigenvalue weighted by Gasteiger charge is 2.27. The van der Waals surface area contributed by atoms with Gasteiger partial charge in [-0.2, -0.15) is 4.31 Å². The summed E-state index contributed by atoms with van der Waals surface area (Å²) in [7, 11) is -7.55. The van der Waals surface area contributed by atoms with Crippen molar-refractivity contribution in [1.29, 1.82) is 0 Å². The van der Waals surface area contributed by atoms with Gasteiger partial charge in [-0.25, -0.2) is 16.8 Å². The molecule has 1 aliphatic rings. The second-order valence-electron chi connectivity index (χ2n) is 8.02. The molecule has 1 amide bonds. The van der Waals surface area contributed by atoms with Crippen LogP contribution in [0.5, 0.6) is 5.75 Å². The van der Waals surface area contributed by atoms with Gasteiger partial charge in [-0.1, -0.05) is 6.07 Å². The van der Waals surface area contributed by atoms with Gasteiger partial charge < -0.3 is 14.8 Å². The van der Waals surface area contributed by atoms with E-state index in [9.17, 15) is 21.6 Å². The number of amides is 1. The van der Waals surface area contributed by atoms with Crippen molar-refractivity contribution in [3.05, 3.63) is 48.5 Å². The number of hydrogen-bond acceptors (Lipinski definition) is 7. The number of anilines is 2. The molecule has 1 fully saturated rings.